The Morgan fingerprint density at radius 2 is 2.00 bits per heavy atom. The molecule has 2 aromatic heterocycles. The standard InChI is InChI=1S/C13H9NO2S/c15-13(16)11-6-10-12(17-11)9(7-14-10)8-4-2-1-3-5-8/h1-7,14H,(H,15,16). The molecule has 0 spiro atoms. The van der Waals surface area contributed by atoms with E-state index in [9.17, 15) is 4.79 Å². The number of H-pyrrole nitrogens is 1. The normalized spacial score (nSPS) is 10.8. The summed E-state index contributed by atoms with van der Waals surface area (Å²) in [5, 5.41) is 8.96. The number of benzene rings is 1. The second kappa shape index (κ2) is 3.75. The monoisotopic (exact) mass is 243 g/mol. The maximum absolute atomic E-state index is 10.9. The van der Waals surface area contributed by atoms with Gasteiger partial charge in [-0.1, -0.05) is 30.3 Å². The van der Waals surface area contributed by atoms with Gasteiger partial charge in [-0.2, -0.15) is 0 Å². The van der Waals surface area contributed by atoms with Gasteiger partial charge in [0.05, 0.1) is 10.2 Å². The fourth-order valence-electron chi connectivity index (χ4n) is 1.85. The lowest BCUT2D eigenvalue weighted by atomic mass is 10.1. The van der Waals surface area contributed by atoms with Crippen molar-refractivity contribution in [3.63, 3.8) is 0 Å². The lowest BCUT2D eigenvalue weighted by Crippen LogP contribution is -1.89. The third-order valence-corrected chi connectivity index (χ3v) is 3.80. The second-order valence-electron chi connectivity index (χ2n) is 3.73. The van der Waals surface area contributed by atoms with Crippen molar-refractivity contribution in [3.8, 4) is 11.1 Å². The van der Waals surface area contributed by atoms with Crippen LogP contribution in [-0.4, -0.2) is 16.1 Å². The molecule has 0 aliphatic carbocycles. The summed E-state index contributed by atoms with van der Waals surface area (Å²) in [5.74, 6) is -0.876. The number of rotatable bonds is 2. The number of carbonyl (C=O) groups is 1. The average molecular weight is 243 g/mol. The van der Waals surface area contributed by atoms with E-state index in [1.807, 2.05) is 36.5 Å². The molecule has 2 N–H and O–H groups in total. The SMILES string of the molecule is O=C(O)c1cc2[nH]cc(-c3ccccc3)c2s1. The molecular weight excluding hydrogens is 234 g/mol. The second-order valence-corrected chi connectivity index (χ2v) is 4.78. The van der Waals surface area contributed by atoms with Crippen LogP contribution in [0.3, 0.4) is 0 Å². The number of aromatic carboxylic acids is 1. The number of hydrogen-bond acceptors (Lipinski definition) is 2. The number of carboxylic acid groups (broad SMARTS) is 1. The summed E-state index contributed by atoms with van der Waals surface area (Å²) < 4.78 is 0.994. The molecule has 17 heavy (non-hydrogen) atoms. The quantitative estimate of drug-likeness (QED) is 0.722. The van der Waals surface area contributed by atoms with Gasteiger partial charge >= 0.3 is 5.97 Å². The van der Waals surface area contributed by atoms with Crippen molar-refractivity contribution in [2.75, 3.05) is 0 Å². The van der Waals surface area contributed by atoms with Crippen molar-refractivity contribution >= 4 is 27.5 Å². The maximum Gasteiger partial charge on any atom is 0.345 e. The van der Waals surface area contributed by atoms with Crippen molar-refractivity contribution in [3.05, 3.63) is 47.5 Å². The molecule has 0 radical (unpaired) electrons. The molecule has 2 heterocycles. The van der Waals surface area contributed by atoms with Crippen LogP contribution in [0.15, 0.2) is 42.6 Å². The Balaban J connectivity index is 2.21. The van der Waals surface area contributed by atoms with Gasteiger partial charge in [-0.3, -0.25) is 0 Å². The molecule has 1 aromatic carbocycles. The van der Waals surface area contributed by atoms with Crippen molar-refractivity contribution in [2.24, 2.45) is 0 Å². The Morgan fingerprint density at radius 3 is 2.71 bits per heavy atom. The van der Waals surface area contributed by atoms with E-state index < -0.39 is 5.97 Å². The van der Waals surface area contributed by atoms with Gasteiger partial charge < -0.3 is 10.1 Å². The molecule has 0 fully saturated rings. The third-order valence-electron chi connectivity index (χ3n) is 2.64. The van der Waals surface area contributed by atoms with Crippen molar-refractivity contribution in [1.82, 2.24) is 4.98 Å². The van der Waals surface area contributed by atoms with E-state index in [0.717, 1.165) is 21.3 Å². The predicted octanol–water partition coefficient (Wildman–Crippen LogP) is 3.59. The van der Waals surface area contributed by atoms with Gasteiger partial charge in [0.25, 0.3) is 0 Å². The van der Waals surface area contributed by atoms with Crippen LogP contribution in [-0.2, 0) is 0 Å². The van der Waals surface area contributed by atoms with Crippen LogP contribution in [0.4, 0.5) is 0 Å². The molecular formula is C13H9NO2S. The molecule has 0 amide bonds. The lowest BCUT2D eigenvalue weighted by molar-refractivity contribution is 0.0702. The van der Waals surface area contributed by atoms with E-state index in [2.05, 4.69) is 4.98 Å². The van der Waals surface area contributed by atoms with Gasteiger partial charge in [-0.25, -0.2) is 4.79 Å². The highest BCUT2D eigenvalue weighted by atomic mass is 32.1. The molecule has 0 unspecified atom stereocenters. The summed E-state index contributed by atoms with van der Waals surface area (Å²) in [6.07, 6.45) is 1.92. The number of thiophene rings is 1. The molecule has 3 aromatic rings. The smallest absolute Gasteiger partial charge is 0.345 e. The number of aromatic amines is 1. The summed E-state index contributed by atoms with van der Waals surface area (Å²) in [7, 11) is 0. The zero-order chi connectivity index (χ0) is 11.8. The molecule has 4 heteroatoms. The molecule has 84 valence electrons. The van der Waals surface area contributed by atoms with Crippen LogP contribution in [0.1, 0.15) is 9.67 Å². The van der Waals surface area contributed by atoms with E-state index >= 15 is 0 Å². The van der Waals surface area contributed by atoms with Gasteiger partial charge in [0.1, 0.15) is 4.88 Å². The van der Waals surface area contributed by atoms with Gasteiger partial charge in [0.2, 0.25) is 0 Å². The minimum atomic E-state index is -0.876. The first-order chi connectivity index (χ1) is 8.25. The number of aromatic nitrogens is 1. The molecule has 0 atom stereocenters. The van der Waals surface area contributed by atoms with Crippen LogP contribution >= 0.6 is 11.3 Å². The molecule has 0 aliphatic rings. The number of hydrogen-bond donors (Lipinski definition) is 2. The average Bonchev–Trinajstić information content (AvgIpc) is 2.89. The van der Waals surface area contributed by atoms with E-state index in [0.29, 0.717) is 4.88 Å². The predicted molar refractivity (Wildman–Crippen MR) is 68.6 cm³/mol. The largest absolute Gasteiger partial charge is 0.477 e. The summed E-state index contributed by atoms with van der Waals surface area (Å²) in [6.45, 7) is 0. The summed E-state index contributed by atoms with van der Waals surface area (Å²) in [4.78, 5) is 14.4. The van der Waals surface area contributed by atoms with Crippen LogP contribution in [0, 0.1) is 0 Å². The van der Waals surface area contributed by atoms with Crippen LogP contribution in [0.5, 0.6) is 0 Å². The van der Waals surface area contributed by atoms with E-state index in [1.54, 1.807) is 6.07 Å². The first kappa shape index (κ1) is 10.1. The van der Waals surface area contributed by atoms with Crippen LogP contribution in [0.2, 0.25) is 0 Å². The minimum Gasteiger partial charge on any atom is -0.477 e. The van der Waals surface area contributed by atoms with Gasteiger partial charge in [-0.05, 0) is 11.6 Å². The fourth-order valence-corrected chi connectivity index (χ4v) is 2.85. The molecule has 3 nitrogen and oxygen atoms in total. The maximum atomic E-state index is 10.9. The van der Waals surface area contributed by atoms with Gasteiger partial charge in [0.15, 0.2) is 0 Å². The van der Waals surface area contributed by atoms with Gasteiger partial charge in [-0.15, -0.1) is 11.3 Å². The van der Waals surface area contributed by atoms with Gasteiger partial charge in [0, 0.05) is 11.8 Å². The highest BCUT2D eigenvalue weighted by molar-refractivity contribution is 7.21. The van der Waals surface area contributed by atoms with E-state index in [1.165, 1.54) is 11.3 Å². The minimum absolute atomic E-state index is 0.365. The summed E-state index contributed by atoms with van der Waals surface area (Å²) in [5.41, 5.74) is 3.03. The Kier molecular flexibility index (Phi) is 2.23. The number of fused-ring (bicyclic) bond motifs is 1. The van der Waals surface area contributed by atoms with Crippen molar-refractivity contribution < 1.29 is 9.90 Å². The number of carboxylic acids is 1. The topological polar surface area (TPSA) is 53.1 Å². The molecule has 0 saturated carbocycles. The zero-order valence-corrected chi connectivity index (χ0v) is 9.62. The third kappa shape index (κ3) is 1.62. The Bertz CT molecular complexity index is 682. The summed E-state index contributed by atoms with van der Waals surface area (Å²) >= 11 is 1.30. The van der Waals surface area contributed by atoms with Crippen molar-refractivity contribution in [1.29, 1.82) is 0 Å². The molecule has 0 saturated heterocycles. The van der Waals surface area contributed by atoms with Crippen LogP contribution in [0.25, 0.3) is 21.3 Å². The Labute approximate surface area is 101 Å². The van der Waals surface area contributed by atoms with Crippen molar-refractivity contribution in [2.45, 2.75) is 0 Å². The molecule has 0 bridgehead atoms. The number of nitrogens with one attached hydrogen (secondary N) is 1. The molecule has 0 aliphatic heterocycles. The summed E-state index contributed by atoms with van der Waals surface area (Å²) in [6, 6.07) is 11.6. The van der Waals surface area contributed by atoms with Crippen LogP contribution < -0.4 is 0 Å². The Morgan fingerprint density at radius 1 is 1.24 bits per heavy atom. The van der Waals surface area contributed by atoms with E-state index in [-0.39, 0.29) is 0 Å². The lowest BCUT2D eigenvalue weighted by Gasteiger charge is -1.96. The van der Waals surface area contributed by atoms with E-state index in [4.69, 9.17) is 5.11 Å². The first-order valence-electron chi connectivity index (χ1n) is 5.15. The first-order valence-corrected chi connectivity index (χ1v) is 5.97. The highest BCUT2D eigenvalue weighted by Gasteiger charge is 2.13. The molecule has 3 rings (SSSR count). The fraction of sp³-hybridized carbons (Fsp3) is 0. The Hall–Kier alpha value is -2.07. The zero-order valence-electron chi connectivity index (χ0n) is 8.81. The highest BCUT2D eigenvalue weighted by Crippen LogP contribution is 2.34.